The quantitative estimate of drug-likeness (QED) is 0.428. The Morgan fingerprint density at radius 1 is 1.14 bits per heavy atom. The van der Waals surface area contributed by atoms with Gasteiger partial charge in [-0.1, -0.05) is 42.5 Å². The van der Waals surface area contributed by atoms with Crippen LogP contribution < -0.4 is 25.0 Å². The summed E-state index contributed by atoms with van der Waals surface area (Å²) in [6.45, 7) is 3.72. The first-order chi connectivity index (χ1) is 18.0. The number of carbonyl (C=O) groups excluding carboxylic acids is 1. The van der Waals surface area contributed by atoms with Gasteiger partial charge in [-0.25, -0.2) is 14.6 Å². The molecule has 3 N–H and O–H groups in total. The Labute approximate surface area is 215 Å². The van der Waals surface area contributed by atoms with Gasteiger partial charge in [-0.3, -0.25) is 9.88 Å². The van der Waals surface area contributed by atoms with Crippen LogP contribution in [0.2, 0.25) is 0 Å². The van der Waals surface area contributed by atoms with Crippen LogP contribution in [0.15, 0.2) is 67.0 Å². The van der Waals surface area contributed by atoms with Crippen LogP contribution >= 0.6 is 0 Å². The predicted molar refractivity (Wildman–Crippen MR) is 139 cm³/mol. The van der Waals surface area contributed by atoms with Crippen LogP contribution in [0.25, 0.3) is 0 Å². The third-order valence-electron chi connectivity index (χ3n) is 6.11. The van der Waals surface area contributed by atoms with Gasteiger partial charge in [0.2, 0.25) is 0 Å². The minimum atomic E-state index is -1.24. The van der Waals surface area contributed by atoms with E-state index in [-0.39, 0.29) is 18.3 Å². The highest BCUT2D eigenvalue weighted by atomic mass is 16.5. The molecule has 37 heavy (non-hydrogen) atoms. The molecule has 1 fully saturated rings. The molecule has 3 aromatic rings. The lowest BCUT2D eigenvalue weighted by Crippen LogP contribution is -2.50. The lowest BCUT2D eigenvalue weighted by molar-refractivity contribution is -0.138. The topological polar surface area (TPSA) is 131 Å². The van der Waals surface area contributed by atoms with Crippen LogP contribution in [0, 0.1) is 0 Å². The highest BCUT2D eigenvalue weighted by molar-refractivity contribution is 5.96. The van der Waals surface area contributed by atoms with Crippen LogP contribution in [0.1, 0.15) is 25.3 Å². The second-order valence-electron chi connectivity index (χ2n) is 8.70. The number of urea groups is 1. The van der Waals surface area contributed by atoms with Gasteiger partial charge in [0.05, 0.1) is 25.5 Å². The van der Waals surface area contributed by atoms with Crippen molar-refractivity contribution in [2.75, 3.05) is 29.5 Å². The number of piperidine rings is 1. The first kappa shape index (κ1) is 25.7. The Hall–Kier alpha value is -4.34. The summed E-state index contributed by atoms with van der Waals surface area (Å²) in [7, 11) is 0. The largest absolute Gasteiger partial charge is 0.490 e. The summed E-state index contributed by atoms with van der Waals surface area (Å²) in [5.74, 6) is 0.784. The van der Waals surface area contributed by atoms with E-state index in [9.17, 15) is 14.7 Å². The molecule has 0 radical (unpaired) electrons. The van der Waals surface area contributed by atoms with Crippen molar-refractivity contribution in [2.45, 2.75) is 38.3 Å². The fourth-order valence-corrected chi connectivity index (χ4v) is 4.41. The van der Waals surface area contributed by atoms with E-state index in [1.54, 1.807) is 18.3 Å². The third-order valence-corrected chi connectivity index (χ3v) is 6.11. The molecule has 194 valence electrons. The van der Waals surface area contributed by atoms with E-state index in [4.69, 9.17) is 15.2 Å². The fraction of sp³-hybridized carbons (Fsp3) is 0.333. The molecule has 0 saturated carbocycles. The Bertz CT molecular complexity index is 1210. The van der Waals surface area contributed by atoms with Crippen molar-refractivity contribution < 1.29 is 24.2 Å². The number of benzene rings is 2. The normalized spacial score (nSPS) is 16.0. The number of ether oxygens (including phenoxy) is 2. The van der Waals surface area contributed by atoms with Crippen LogP contribution in [-0.2, 0) is 11.2 Å². The SMILES string of the molecule is CCOc1ccccc1O[C@@H]1CCCN(c2cncc(N(C(N)=O)[C@@H](Cc3ccccc3)C(=O)O)n2)C1. The van der Waals surface area contributed by atoms with E-state index >= 15 is 0 Å². The van der Waals surface area contributed by atoms with Crippen molar-refractivity contribution in [2.24, 2.45) is 5.73 Å². The molecular weight excluding hydrogens is 474 g/mol. The third kappa shape index (κ3) is 6.46. The standard InChI is InChI=1S/C27H31N5O5/c1-2-36-22-12-6-7-13-23(22)37-20-11-8-14-31(18-20)24-16-29-17-25(30-24)32(27(28)35)21(26(33)34)15-19-9-4-3-5-10-19/h3-7,9-10,12-13,16-17,20-21H,2,8,11,14-15,18H2,1H3,(H2,28,35)(H,33,34)/t20-,21+/m1/s1. The average molecular weight is 506 g/mol. The Balaban J connectivity index is 1.54. The van der Waals surface area contributed by atoms with Crippen molar-refractivity contribution in [3.63, 3.8) is 0 Å². The lowest BCUT2D eigenvalue weighted by atomic mass is 10.0. The van der Waals surface area contributed by atoms with Gasteiger partial charge in [-0.15, -0.1) is 0 Å². The highest BCUT2D eigenvalue weighted by Crippen LogP contribution is 2.30. The van der Waals surface area contributed by atoms with Crippen LogP contribution in [0.4, 0.5) is 16.4 Å². The summed E-state index contributed by atoms with van der Waals surface area (Å²) >= 11 is 0. The van der Waals surface area contributed by atoms with Crippen molar-refractivity contribution in [1.29, 1.82) is 0 Å². The Morgan fingerprint density at radius 2 is 1.86 bits per heavy atom. The van der Waals surface area contributed by atoms with Gasteiger partial charge in [0.25, 0.3) is 0 Å². The lowest BCUT2D eigenvalue weighted by Gasteiger charge is -2.34. The molecule has 1 aliphatic rings. The number of nitrogens with zero attached hydrogens (tertiary/aromatic N) is 4. The first-order valence-corrected chi connectivity index (χ1v) is 12.3. The van der Waals surface area contributed by atoms with E-state index in [1.807, 2.05) is 54.3 Å². The van der Waals surface area contributed by atoms with E-state index in [0.717, 1.165) is 23.3 Å². The second-order valence-corrected chi connectivity index (χ2v) is 8.70. The molecule has 2 atom stereocenters. The number of anilines is 2. The maximum absolute atomic E-state index is 12.4. The number of primary amides is 1. The van der Waals surface area contributed by atoms with Crippen molar-refractivity contribution in [3.8, 4) is 11.5 Å². The molecule has 4 rings (SSSR count). The maximum Gasteiger partial charge on any atom is 0.327 e. The molecule has 10 nitrogen and oxygen atoms in total. The van der Waals surface area contributed by atoms with Crippen molar-refractivity contribution in [3.05, 3.63) is 72.6 Å². The fourth-order valence-electron chi connectivity index (χ4n) is 4.41. The van der Waals surface area contributed by atoms with Gasteiger partial charge in [0.1, 0.15) is 18.0 Å². The van der Waals surface area contributed by atoms with Gasteiger partial charge < -0.3 is 25.2 Å². The van der Waals surface area contributed by atoms with Gasteiger partial charge in [0.15, 0.2) is 17.3 Å². The molecule has 2 heterocycles. The highest BCUT2D eigenvalue weighted by Gasteiger charge is 2.32. The molecule has 0 unspecified atom stereocenters. The number of aliphatic carboxylic acids is 1. The summed E-state index contributed by atoms with van der Waals surface area (Å²) in [4.78, 5) is 36.5. The van der Waals surface area contributed by atoms with E-state index in [2.05, 4.69) is 9.97 Å². The molecule has 0 spiro atoms. The van der Waals surface area contributed by atoms with E-state index in [1.165, 1.54) is 6.20 Å². The molecule has 10 heteroatoms. The number of carboxylic acids is 1. The number of nitrogens with two attached hydrogens (primary N) is 1. The van der Waals surface area contributed by atoms with Gasteiger partial charge in [0, 0.05) is 13.0 Å². The minimum absolute atomic E-state index is 0.0733. The Kier molecular flexibility index (Phi) is 8.40. The number of rotatable bonds is 10. The van der Waals surface area contributed by atoms with E-state index in [0.29, 0.717) is 37.0 Å². The second kappa shape index (κ2) is 12.1. The Morgan fingerprint density at radius 3 is 2.57 bits per heavy atom. The number of para-hydroxylation sites is 2. The molecule has 1 aliphatic heterocycles. The summed E-state index contributed by atoms with van der Waals surface area (Å²) in [6.07, 6.45) is 4.62. The molecule has 2 amide bonds. The smallest absolute Gasteiger partial charge is 0.327 e. The van der Waals surface area contributed by atoms with E-state index < -0.39 is 18.0 Å². The summed E-state index contributed by atoms with van der Waals surface area (Å²) in [5.41, 5.74) is 6.40. The molecular formula is C27H31N5O5. The number of aromatic nitrogens is 2. The predicted octanol–water partition coefficient (Wildman–Crippen LogP) is 3.50. The minimum Gasteiger partial charge on any atom is -0.490 e. The molecule has 2 aromatic carbocycles. The summed E-state index contributed by atoms with van der Waals surface area (Å²) in [6, 6.07) is 14.5. The number of carboxylic acid groups (broad SMARTS) is 1. The van der Waals surface area contributed by atoms with Crippen LogP contribution in [0.5, 0.6) is 11.5 Å². The molecule has 1 aromatic heterocycles. The number of hydrogen-bond donors (Lipinski definition) is 2. The number of carbonyl (C=O) groups is 2. The molecule has 0 bridgehead atoms. The maximum atomic E-state index is 12.4. The van der Waals surface area contributed by atoms with Gasteiger partial charge in [-0.05, 0) is 37.5 Å². The number of hydrogen-bond acceptors (Lipinski definition) is 7. The monoisotopic (exact) mass is 505 g/mol. The van der Waals surface area contributed by atoms with Crippen LogP contribution in [0.3, 0.4) is 0 Å². The average Bonchev–Trinajstić information content (AvgIpc) is 2.90. The molecule has 1 saturated heterocycles. The van der Waals surface area contributed by atoms with Gasteiger partial charge in [-0.2, -0.15) is 0 Å². The first-order valence-electron chi connectivity index (χ1n) is 12.3. The number of amides is 2. The summed E-state index contributed by atoms with van der Waals surface area (Å²) in [5, 5.41) is 9.93. The zero-order valence-corrected chi connectivity index (χ0v) is 20.7. The van der Waals surface area contributed by atoms with Crippen molar-refractivity contribution in [1.82, 2.24) is 9.97 Å². The van der Waals surface area contributed by atoms with Crippen molar-refractivity contribution >= 4 is 23.6 Å². The zero-order chi connectivity index (χ0) is 26.2. The summed E-state index contributed by atoms with van der Waals surface area (Å²) < 4.78 is 11.9. The molecule has 0 aliphatic carbocycles. The zero-order valence-electron chi connectivity index (χ0n) is 20.7. The van der Waals surface area contributed by atoms with Gasteiger partial charge >= 0.3 is 12.0 Å². The van der Waals surface area contributed by atoms with Crippen LogP contribution in [-0.4, -0.2) is 58.9 Å².